The third kappa shape index (κ3) is 3.31. The second-order valence-electron chi connectivity index (χ2n) is 7.27. The van der Waals surface area contributed by atoms with Crippen LogP contribution in [-0.2, 0) is 30.6 Å². The molecule has 2 aliphatic rings. The maximum atomic E-state index is 12.6. The summed E-state index contributed by atoms with van der Waals surface area (Å²) in [6.45, 7) is 1.55. The Morgan fingerprint density at radius 3 is 2.48 bits per heavy atom. The van der Waals surface area contributed by atoms with Gasteiger partial charge in [-0.3, -0.25) is 9.69 Å². The van der Waals surface area contributed by atoms with Crippen molar-refractivity contribution in [1.82, 2.24) is 10.2 Å². The monoisotopic (exact) mass is 354 g/mol. The summed E-state index contributed by atoms with van der Waals surface area (Å²) >= 11 is 6.37. The molecule has 4 rings (SSSR count). The van der Waals surface area contributed by atoms with Crippen LogP contribution >= 0.6 is 11.6 Å². The van der Waals surface area contributed by atoms with Crippen LogP contribution in [0.5, 0.6) is 0 Å². The first kappa shape index (κ1) is 16.6. The number of hydrogen-bond donors (Lipinski definition) is 1. The molecule has 2 aromatic carbocycles. The minimum absolute atomic E-state index is 0.0715. The van der Waals surface area contributed by atoms with E-state index >= 15 is 0 Å². The average molecular weight is 355 g/mol. The second-order valence-corrected chi connectivity index (χ2v) is 7.68. The zero-order valence-corrected chi connectivity index (χ0v) is 15.2. The molecule has 0 radical (unpaired) electrons. The molecule has 0 spiro atoms. The average Bonchev–Trinajstić information content (AvgIpc) is 3.04. The van der Waals surface area contributed by atoms with Crippen LogP contribution in [0.1, 0.15) is 22.3 Å². The van der Waals surface area contributed by atoms with Crippen LogP contribution in [-0.4, -0.2) is 30.4 Å². The van der Waals surface area contributed by atoms with Crippen molar-refractivity contribution in [2.45, 2.75) is 31.8 Å². The lowest BCUT2D eigenvalue weighted by Crippen LogP contribution is -2.46. The Bertz CT molecular complexity index is 779. The molecule has 130 valence electrons. The number of rotatable bonds is 3. The van der Waals surface area contributed by atoms with E-state index in [1.54, 1.807) is 0 Å². The van der Waals surface area contributed by atoms with Crippen molar-refractivity contribution in [3.8, 4) is 0 Å². The van der Waals surface area contributed by atoms with Crippen molar-refractivity contribution in [3.63, 3.8) is 0 Å². The van der Waals surface area contributed by atoms with E-state index in [4.69, 9.17) is 11.6 Å². The molecule has 1 unspecified atom stereocenters. The lowest BCUT2D eigenvalue weighted by molar-refractivity contribution is -0.125. The van der Waals surface area contributed by atoms with Crippen molar-refractivity contribution < 1.29 is 4.79 Å². The number of nitrogens with one attached hydrogen (secondary N) is 1. The molecule has 0 saturated heterocycles. The molecule has 3 nitrogen and oxygen atoms in total. The number of fused-ring (bicyclic) bond motifs is 2. The van der Waals surface area contributed by atoms with E-state index in [9.17, 15) is 4.79 Å². The van der Waals surface area contributed by atoms with Crippen molar-refractivity contribution in [3.05, 3.63) is 69.7 Å². The minimum atomic E-state index is 0.0715. The van der Waals surface area contributed by atoms with Crippen LogP contribution in [0.2, 0.25) is 5.02 Å². The molecular weight excluding hydrogens is 332 g/mol. The highest BCUT2D eigenvalue weighted by atomic mass is 35.5. The maximum absolute atomic E-state index is 12.6. The number of likely N-dealkylation sites (N-methyl/N-ethyl adjacent to an activating group) is 1. The van der Waals surface area contributed by atoms with E-state index in [1.165, 1.54) is 22.3 Å². The van der Waals surface area contributed by atoms with E-state index in [2.05, 4.69) is 47.6 Å². The van der Waals surface area contributed by atoms with Gasteiger partial charge in [-0.15, -0.1) is 0 Å². The van der Waals surface area contributed by atoms with Crippen LogP contribution in [0.15, 0.2) is 42.5 Å². The number of nitrogens with zero attached hydrogens (tertiary/aromatic N) is 1. The Balaban J connectivity index is 1.37. The summed E-state index contributed by atoms with van der Waals surface area (Å²) < 4.78 is 0. The lowest BCUT2D eigenvalue weighted by Gasteiger charge is -2.34. The Hall–Kier alpha value is -1.84. The van der Waals surface area contributed by atoms with Gasteiger partial charge in [0.25, 0.3) is 0 Å². The number of carbonyl (C=O) groups excluding carboxylic acids is 1. The molecule has 1 atom stereocenters. The third-order valence-electron chi connectivity index (χ3n) is 5.63. The predicted octanol–water partition coefficient (Wildman–Crippen LogP) is 3.23. The van der Waals surface area contributed by atoms with E-state index in [0.717, 1.165) is 30.8 Å². The standard InChI is InChI=1S/C21H23ClN2O/c1-24-13-16-7-4-8-20(22)19(16)11-18(24)12-23-21(25)17-9-14-5-2-3-6-15(14)10-17/h2-8,17-18H,9-13H2,1H3,(H,23,25). The molecule has 1 heterocycles. The van der Waals surface area contributed by atoms with Crippen molar-refractivity contribution in [2.75, 3.05) is 13.6 Å². The smallest absolute Gasteiger partial charge is 0.223 e. The molecule has 0 saturated carbocycles. The van der Waals surface area contributed by atoms with E-state index in [0.29, 0.717) is 12.6 Å². The van der Waals surface area contributed by atoms with Gasteiger partial charge in [-0.05, 0) is 54.6 Å². The Morgan fingerprint density at radius 2 is 1.76 bits per heavy atom. The molecule has 2 aromatic rings. The number of carbonyl (C=O) groups is 1. The molecule has 1 aliphatic carbocycles. The van der Waals surface area contributed by atoms with Gasteiger partial charge in [-0.2, -0.15) is 0 Å². The summed E-state index contributed by atoms with van der Waals surface area (Å²) in [6, 6.07) is 14.8. The molecule has 0 fully saturated rings. The third-order valence-corrected chi connectivity index (χ3v) is 5.99. The van der Waals surface area contributed by atoms with E-state index in [-0.39, 0.29) is 11.8 Å². The first-order chi connectivity index (χ1) is 12.1. The number of hydrogen-bond acceptors (Lipinski definition) is 2. The molecule has 1 amide bonds. The maximum Gasteiger partial charge on any atom is 0.223 e. The number of halogens is 1. The van der Waals surface area contributed by atoms with Crippen molar-refractivity contribution in [2.24, 2.45) is 5.92 Å². The van der Waals surface area contributed by atoms with Crippen molar-refractivity contribution in [1.29, 1.82) is 0 Å². The number of benzene rings is 2. The second kappa shape index (κ2) is 6.81. The summed E-state index contributed by atoms with van der Waals surface area (Å²) in [5.41, 5.74) is 5.16. The molecular formula is C21H23ClN2O. The van der Waals surface area contributed by atoms with Gasteiger partial charge >= 0.3 is 0 Å². The van der Waals surface area contributed by atoms with Gasteiger partial charge in [0.05, 0.1) is 0 Å². The largest absolute Gasteiger partial charge is 0.354 e. The molecule has 0 bridgehead atoms. The molecule has 1 aliphatic heterocycles. The van der Waals surface area contributed by atoms with Gasteiger partial charge in [0.15, 0.2) is 0 Å². The highest BCUT2D eigenvalue weighted by molar-refractivity contribution is 6.31. The first-order valence-electron chi connectivity index (χ1n) is 8.93. The topological polar surface area (TPSA) is 32.3 Å². The Labute approximate surface area is 154 Å². The molecule has 4 heteroatoms. The van der Waals surface area contributed by atoms with Crippen LogP contribution in [0, 0.1) is 5.92 Å². The highest BCUT2D eigenvalue weighted by Crippen LogP contribution is 2.29. The van der Waals surface area contributed by atoms with Gasteiger partial charge in [-0.25, -0.2) is 0 Å². The SMILES string of the molecule is CN1Cc2cccc(Cl)c2CC1CNC(=O)C1Cc2ccccc2C1. The number of amides is 1. The van der Waals surface area contributed by atoms with Crippen LogP contribution < -0.4 is 5.32 Å². The molecule has 1 N–H and O–H groups in total. The van der Waals surface area contributed by atoms with E-state index in [1.807, 2.05) is 12.1 Å². The van der Waals surface area contributed by atoms with Gasteiger partial charge in [-0.1, -0.05) is 48.0 Å². The minimum Gasteiger partial charge on any atom is -0.354 e. The quantitative estimate of drug-likeness (QED) is 0.917. The predicted molar refractivity (Wildman–Crippen MR) is 101 cm³/mol. The lowest BCUT2D eigenvalue weighted by atomic mass is 9.94. The summed E-state index contributed by atoms with van der Waals surface area (Å²) in [4.78, 5) is 14.9. The zero-order chi connectivity index (χ0) is 17.4. The van der Waals surface area contributed by atoms with E-state index < -0.39 is 0 Å². The van der Waals surface area contributed by atoms with Gasteiger partial charge in [0.2, 0.25) is 5.91 Å². The fraction of sp³-hybridized carbons (Fsp3) is 0.381. The summed E-state index contributed by atoms with van der Waals surface area (Å²) in [5.74, 6) is 0.247. The normalized spacial score (nSPS) is 20.2. The fourth-order valence-electron chi connectivity index (χ4n) is 4.10. The van der Waals surface area contributed by atoms with Gasteiger partial charge < -0.3 is 5.32 Å². The van der Waals surface area contributed by atoms with Gasteiger partial charge in [0, 0.05) is 30.1 Å². The highest BCUT2D eigenvalue weighted by Gasteiger charge is 2.29. The molecule has 0 aromatic heterocycles. The van der Waals surface area contributed by atoms with Crippen LogP contribution in [0.3, 0.4) is 0 Å². The molecule has 25 heavy (non-hydrogen) atoms. The summed E-state index contributed by atoms with van der Waals surface area (Å²) in [7, 11) is 2.12. The Kier molecular flexibility index (Phi) is 4.53. The summed E-state index contributed by atoms with van der Waals surface area (Å²) in [6.07, 6.45) is 2.60. The van der Waals surface area contributed by atoms with Crippen LogP contribution in [0.25, 0.3) is 0 Å². The fourth-order valence-corrected chi connectivity index (χ4v) is 4.38. The Morgan fingerprint density at radius 1 is 1.08 bits per heavy atom. The van der Waals surface area contributed by atoms with Gasteiger partial charge in [0.1, 0.15) is 0 Å². The first-order valence-corrected chi connectivity index (χ1v) is 9.30. The summed E-state index contributed by atoms with van der Waals surface area (Å²) in [5, 5.41) is 4.03. The zero-order valence-electron chi connectivity index (χ0n) is 14.5. The van der Waals surface area contributed by atoms with Crippen LogP contribution in [0.4, 0.5) is 0 Å². The van der Waals surface area contributed by atoms with Crippen molar-refractivity contribution >= 4 is 17.5 Å².